The first-order chi connectivity index (χ1) is 14.5. The van der Waals surface area contributed by atoms with Gasteiger partial charge in [-0.1, -0.05) is 41.7 Å². The molecule has 4 rings (SSSR count). The third-order valence-electron chi connectivity index (χ3n) is 4.81. The van der Waals surface area contributed by atoms with Crippen LogP contribution < -0.4 is 10.2 Å². The molecule has 1 aliphatic heterocycles. The Hall–Kier alpha value is -3.39. The summed E-state index contributed by atoms with van der Waals surface area (Å²) >= 11 is 1.26. The highest BCUT2D eigenvalue weighted by molar-refractivity contribution is 7.15. The van der Waals surface area contributed by atoms with Crippen molar-refractivity contribution in [2.45, 2.75) is 19.3 Å². The lowest BCUT2D eigenvalue weighted by molar-refractivity contribution is -0.117. The number of hydrogen-bond donors (Lipinski definition) is 1. The molecule has 1 unspecified atom stereocenters. The van der Waals surface area contributed by atoms with E-state index in [-0.39, 0.29) is 23.5 Å². The van der Waals surface area contributed by atoms with E-state index in [4.69, 9.17) is 0 Å². The lowest BCUT2D eigenvalue weighted by atomic mass is 10.1. The number of hydrogen-bond acceptors (Lipinski definition) is 5. The molecule has 1 aliphatic rings. The van der Waals surface area contributed by atoms with Gasteiger partial charge in [-0.2, -0.15) is 0 Å². The van der Waals surface area contributed by atoms with Crippen molar-refractivity contribution in [2.24, 2.45) is 0 Å². The molecule has 1 N–H and O–H groups in total. The van der Waals surface area contributed by atoms with Gasteiger partial charge in [0.2, 0.25) is 11.0 Å². The van der Waals surface area contributed by atoms with E-state index in [2.05, 4.69) is 15.5 Å². The van der Waals surface area contributed by atoms with Crippen molar-refractivity contribution in [2.75, 3.05) is 16.8 Å². The van der Waals surface area contributed by atoms with E-state index in [1.54, 1.807) is 30.0 Å². The smallest absolute Gasteiger partial charge is 0.253 e. The van der Waals surface area contributed by atoms with Crippen LogP contribution in [0.4, 0.5) is 15.2 Å². The molecule has 1 aromatic heterocycles. The summed E-state index contributed by atoms with van der Waals surface area (Å²) in [6, 6.07) is 15.4. The average molecular weight is 422 g/mol. The van der Waals surface area contributed by atoms with Crippen LogP contribution in [0.15, 0.2) is 60.2 Å². The Kier molecular flexibility index (Phi) is 5.67. The SMILES string of the molecule is C/C(=C\c1ccccc1)C(=O)Nc1nnc(C2CC(=O)N(c3ccc(F)cc3)C2)s1. The van der Waals surface area contributed by atoms with Crippen LogP contribution in [0.3, 0.4) is 0 Å². The Bertz CT molecular complexity index is 1100. The standard InChI is InChI=1S/C22H19FN4O2S/c1-14(11-15-5-3-2-4-6-15)20(29)24-22-26-25-21(30-22)16-12-19(28)27(13-16)18-9-7-17(23)8-10-18/h2-11,16H,12-13H2,1H3,(H,24,26,29)/b14-11+. The Morgan fingerprint density at radius 2 is 1.90 bits per heavy atom. The van der Waals surface area contributed by atoms with Gasteiger partial charge in [-0.05, 0) is 42.8 Å². The minimum Gasteiger partial charge on any atom is -0.312 e. The quantitative estimate of drug-likeness (QED) is 0.624. The predicted molar refractivity (Wildman–Crippen MR) is 115 cm³/mol. The van der Waals surface area contributed by atoms with Gasteiger partial charge in [0, 0.05) is 30.1 Å². The summed E-state index contributed by atoms with van der Waals surface area (Å²) in [7, 11) is 0. The van der Waals surface area contributed by atoms with Crippen LogP contribution in [0.5, 0.6) is 0 Å². The zero-order valence-electron chi connectivity index (χ0n) is 16.2. The van der Waals surface area contributed by atoms with Crippen molar-refractivity contribution in [1.82, 2.24) is 10.2 Å². The van der Waals surface area contributed by atoms with Crippen LogP contribution in [0.25, 0.3) is 6.08 Å². The normalized spacial score (nSPS) is 16.7. The van der Waals surface area contributed by atoms with E-state index in [0.717, 1.165) is 5.56 Å². The highest BCUT2D eigenvalue weighted by atomic mass is 32.1. The summed E-state index contributed by atoms with van der Waals surface area (Å²) in [6.07, 6.45) is 2.10. The average Bonchev–Trinajstić information content (AvgIpc) is 3.36. The predicted octanol–water partition coefficient (Wildman–Crippen LogP) is 4.24. The molecule has 2 aromatic carbocycles. The fraction of sp³-hybridized carbons (Fsp3) is 0.182. The first-order valence-corrected chi connectivity index (χ1v) is 10.3. The van der Waals surface area contributed by atoms with Gasteiger partial charge in [-0.15, -0.1) is 10.2 Å². The van der Waals surface area contributed by atoms with Crippen LogP contribution in [-0.2, 0) is 9.59 Å². The van der Waals surface area contributed by atoms with Crippen molar-refractivity contribution in [3.63, 3.8) is 0 Å². The number of benzene rings is 2. The van der Waals surface area contributed by atoms with Gasteiger partial charge in [0.25, 0.3) is 5.91 Å². The van der Waals surface area contributed by atoms with E-state index >= 15 is 0 Å². The first-order valence-electron chi connectivity index (χ1n) is 9.43. The number of nitrogens with one attached hydrogen (secondary N) is 1. The number of anilines is 2. The molecule has 6 nitrogen and oxygen atoms in total. The van der Waals surface area contributed by atoms with E-state index in [1.165, 1.54) is 23.5 Å². The topological polar surface area (TPSA) is 75.2 Å². The fourth-order valence-electron chi connectivity index (χ4n) is 3.25. The lowest BCUT2D eigenvalue weighted by Crippen LogP contribution is -2.24. The zero-order valence-corrected chi connectivity index (χ0v) is 17.0. The van der Waals surface area contributed by atoms with Gasteiger partial charge in [-0.3, -0.25) is 14.9 Å². The molecule has 0 saturated carbocycles. The Morgan fingerprint density at radius 3 is 2.63 bits per heavy atom. The number of carbonyl (C=O) groups is 2. The maximum Gasteiger partial charge on any atom is 0.253 e. The molecule has 0 radical (unpaired) electrons. The molecule has 2 heterocycles. The van der Waals surface area contributed by atoms with Gasteiger partial charge in [-0.25, -0.2) is 4.39 Å². The van der Waals surface area contributed by atoms with Crippen LogP contribution in [-0.4, -0.2) is 28.6 Å². The maximum atomic E-state index is 13.1. The Labute approximate surface area is 177 Å². The van der Waals surface area contributed by atoms with Crippen molar-refractivity contribution >= 4 is 40.0 Å². The molecule has 0 bridgehead atoms. The molecule has 8 heteroatoms. The van der Waals surface area contributed by atoms with E-state index in [1.807, 2.05) is 30.3 Å². The second-order valence-electron chi connectivity index (χ2n) is 7.02. The molecule has 0 spiro atoms. The van der Waals surface area contributed by atoms with E-state index in [0.29, 0.717) is 34.4 Å². The lowest BCUT2D eigenvalue weighted by Gasteiger charge is -2.16. The number of rotatable bonds is 5. The molecule has 30 heavy (non-hydrogen) atoms. The van der Waals surface area contributed by atoms with Gasteiger partial charge in [0.1, 0.15) is 10.8 Å². The minimum absolute atomic E-state index is 0.0472. The van der Waals surface area contributed by atoms with Gasteiger partial charge in [0.15, 0.2) is 0 Å². The Balaban J connectivity index is 1.42. The van der Waals surface area contributed by atoms with Crippen molar-refractivity contribution in [3.05, 3.63) is 76.6 Å². The van der Waals surface area contributed by atoms with Crippen LogP contribution in [0, 0.1) is 5.82 Å². The number of halogens is 1. The molecular weight excluding hydrogens is 403 g/mol. The second-order valence-corrected chi connectivity index (χ2v) is 8.03. The fourth-order valence-corrected chi connectivity index (χ4v) is 4.08. The van der Waals surface area contributed by atoms with E-state index in [9.17, 15) is 14.0 Å². The maximum absolute atomic E-state index is 13.1. The van der Waals surface area contributed by atoms with Crippen molar-refractivity contribution in [3.8, 4) is 0 Å². The molecule has 1 atom stereocenters. The molecule has 0 aliphatic carbocycles. The Morgan fingerprint density at radius 1 is 1.17 bits per heavy atom. The number of carbonyl (C=O) groups excluding carboxylic acids is 2. The number of nitrogens with zero attached hydrogens (tertiary/aromatic N) is 3. The van der Waals surface area contributed by atoms with Crippen molar-refractivity contribution in [1.29, 1.82) is 0 Å². The highest BCUT2D eigenvalue weighted by Crippen LogP contribution is 2.34. The summed E-state index contributed by atoms with van der Waals surface area (Å²) in [5, 5.41) is 12.1. The third-order valence-corrected chi connectivity index (χ3v) is 5.82. The molecular formula is C22H19FN4O2S. The van der Waals surface area contributed by atoms with Crippen LogP contribution in [0.1, 0.15) is 29.8 Å². The molecule has 1 fully saturated rings. The van der Waals surface area contributed by atoms with Gasteiger partial charge < -0.3 is 4.90 Å². The zero-order chi connectivity index (χ0) is 21.1. The monoisotopic (exact) mass is 422 g/mol. The third kappa shape index (κ3) is 4.44. The van der Waals surface area contributed by atoms with E-state index < -0.39 is 0 Å². The van der Waals surface area contributed by atoms with Crippen molar-refractivity contribution < 1.29 is 14.0 Å². The molecule has 152 valence electrons. The summed E-state index contributed by atoms with van der Waals surface area (Å²) < 4.78 is 13.1. The first kappa shape index (κ1) is 19.9. The highest BCUT2D eigenvalue weighted by Gasteiger charge is 2.34. The summed E-state index contributed by atoms with van der Waals surface area (Å²) in [5.74, 6) is -0.763. The van der Waals surface area contributed by atoms with Gasteiger partial charge in [0.05, 0.1) is 0 Å². The molecule has 2 amide bonds. The molecule has 3 aromatic rings. The van der Waals surface area contributed by atoms with Crippen LogP contribution >= 0.6 is 11.3 Å². The number of amides is 2. The summed E-state index contributed by atoms with van der Waals surface area (Å²) in [6.45, 7) is 2.18. The minimum atomic E-state index is -0.344. The van der Waals surface area contributed by atoms with Crippen LogP contribution in [0.2, 0.25) is 0 Å². The second kappa shape index (κ2) is 8.54. The van der Waals surface area contributed by atoms with Gasteiger partial charge >= 0.3 is 0 Å². The molecule has 1 saturated heterocycles. The number of aromatic nitrogens is 2. The largest absolute Gasteiger partial charge is 0.312 e. The summed E-state index contributed by atoms with van der Waals surface area (Å²) in [4.78, 5) is 26.5. The summed E-state index contributed by atoms with van der Waals surface area (Å²) in [5.41, 5.74) is 2.15.